The average molecular weight is 925 g/mol. The zero-order chi connectivity index (χ0) is 44.5. The Hall–Kier alpha value is -0.800. The number of carbonyl (C=O) groups is 2. The molecule has 0 bridgehead atoms. The fraction of sp³-hybridized carbons (Fsp3) is 0.708. The number of rotatable bonds is 36. The van der Waals surface area contributed by atoms with Gasteiger partial charge in [-0.2, -0.15) is 16.8 Å². The molecule has 0 radical (unpaired) electrons. The normalized spacial score (nSPS) is 12.3. The van der Waals surface area contributed by atoms with E-state index in [4.69, 9.17) is 9.11 Å². The van der Waals surface area contributed by atoms with Gasteiger partial charge in [-0.3, -0.25) is 9.11 Å². The van der Waals surface area contributed by atoms with Crippen LogP contribution >= 0.6 is 0 Å². The van der Waals surface area contributed by atoms with Crippen LogP contribution in [0, 0.1) is 0 Å². The SMILES string of the molecule is CCCCCCCCCCCCCCCCC(C(=O)[O-])c1ccc(S(=O)(=O)O)cc1.CCCCCCCCCCCCCCCCC(C(=O)[O-])c1ccc(S(=O)(=O)O)cc1.[Na+].[Na+]. The number of hydrogen-bond acceptors (Lipinski definition) is 8. The van der Waals surface area contributed by atoms with E-state index in [2.05, 4.69) is 13.8 Å². The Labute approximate surface area is 421 Å². The van der Waals surface area contributed by atoms with E-state index < -0.39 is 44.0 Å². The second-order valence-electron chi connectivity index (χ2n) is 16.6. The third-order valence-electron chi connectivity index (χ3n) is 11.4. The summed E-state index contributed by atoms with van der Waals surface area (Å²) in [5, 5.41) is 22.9. The van der Waals surface area contributed by atoms with Crippen molar-refractivity contribution >= 4 is 32.2 Å². The van der Waals surface area contributed by atoms with Crippen LogP contribution in [-0.2, 0) is 29.8 Å². The monoisotopic (exact) mass is 924 g/mol. The van der Waals surface area contributed by atoms with Crippen LogP contribution < -0.4 is 69.3 Å². The largest absolute Gasteiger partial charge is 1.00 e. The number of aliphatic carboxylic acids is 2. The zero-order valence-corrected chi connectivity index (χ0v) is 44.6. The van der Waals surface area contributed by atoms with Crippen molar-refractivity contribution in [1.29, 1.82) is 0 Å². The van der Waals surface area contributed by atoms with E-state index in [9.17, 15) is 36.6 Å². The van der Waals surface area contributed by atoms with Gasteiger partial charge in [-0.1, -0.05) is 218 Å². The minimum atomic E-state index is -4.27. The van der Waals surface area contributed by atoms with Gasteiger partial charge < -0.3 is 19.8 Å². The summed E-state index contributed by atoms with van der Waals surface area (Å²) in [6.07, 6.45) is 35.9. The molecule has 0 fully saturated rings. The van der Waals surface area contributed by atoms with Crippen molar-refractivity contribution in [2.24, 2.45) is 0 Å². The number of carboxylic acids is 2. The third kappa shape index (κ3) is 32.0. The van der Waals surface area contributed by atoms with Crippen molar-refractivity contribution in [1.82, 2.24) is 0 Å². The molecular formula is C48H78Na2O10S2. The van der Waals surface area contributed by atoms with Crippen LogP contribution in [0.25, 0.3) is 0 Å². The van der Waals surface area contributed by atoms with Crippen molar-refractivity contribution in [3.63, 3.8) is 0 Å². The van der Waals surface area contributed by atoms with E-state index in [1.807, 2.05) is 0 Å². The van der Waals surface area contributed by atoms with Gasteiger partial charge in [0.25, 0.3) is 20.2 Å². The van der Waals surface area contributed by atoms with E-state index in [0.29, 0.717) is 24.0 Å². The van der Waals surface area contributed by atoms with Crippen LogP contribution in [-0.4, -0.2) is 37.9 Å². The Morgan fingerprint density at radius 1 is 0.403 bits per heavy atom. The van der Waals surface area contributed by atoms with Gasteiger partial charge in [0.2, 0.25) is 0 Å². The Morgan fingerprint density at radius 3 is 0.774 bits per heavy atom. The third-order valence-corrected chi connectivity index (χ3v) is 13.2. The Kier molecular flexibility index (Phi) is 40.2. The second-order valence-corrected chi connectivity index (χ2v) is 19.4. The molecule has 0 aliphatic carbocycles. The van der Waals surface area contributed by atoms with E-state index in [-0.39, 0.29) is 68.9 Å². The number of unbranched alkanes of at least 4 members (excludes halogenated alkanes) is 26. The van der Waals surface area contributed by atoms with Gasteiger partial charge in [0.1, 0.15) is 0 Å². The molecule has 10 nitrogen and oxygen atoms in total. The molecule has 2 atom stereocenters. The van der Waals surface area contributed by atoms with Crippen LogP contribution in [0.15, 0.2) is 58.3 Å². The fourth-order valence-electron chi connectivity index (χ4n) is 7.67. The molecule has 0 aliphatic rings. The first-order chi connectivity index (χ1) is 28.7. The van der Waals surface area contributed by atoms with Crippen LogP contribution in [0.1, 0.15) is 229 Å². The molecule has 2 N–H and O–H groups in total. The molecule has 62 heavy (non-hydrogen) atoms. The summed E-state index contributed by atoms with van der Waals surface area (Å²) in [5.41, 5.74) is 1.02. The van der Waals surface area contributed by atoms with Crippen molar-refractivity contribution in [3.05, 3.63) is 59.7 Å². The predicted molar refractivity (Wildman–Crippen MR) is 238 cm³/mol. The molecule has 0 amide bonds. The first-order valence-electron chi connectivity index (χ1n) is 23.3. The van der Waals surface area contributed by atoms with Gasteiger partial charge in [-0.15, -0.1) is 0 Å². The first kappa shape index (κ1) is 63.3. The molecule has 0 spiro atoms. The predicted octanol–water partition coefficient (Wildman–Crippen LogP) is 5.28. The van der Waals surface area contributed by atoms with E-state index in [0.717, 1.165) is 38.5 Å². The summed E-state index contributed by atoms with van der Waals surface area (Å²) < 4.78 is 62.4. The van der Waals surface area contributed by atoms with E-state index in [1.165, 1.54) is 190 Å². The molecule has 0 heterocycles. The number of carboxylic acid groups (broad SMARTS) is 2. The van der Waals surface area contributed by atoms with Gasteiger partial charge in [0.05, 0.1) is 9.79 Å². The second kappa shape index (κ2) is 39.4. The molecule has 344 valence electrons. The summed E-state index contributed by atoms with van der Waals surface area (Å²) in [6.45, 7) is 4.49. The van der Waals surface area contributed by atoms with Gasteiger partial charge >= 0.3 is 59.1 Å². The zero-order valence-electron chi connectivity index (χ0n) is 39.0. The number of benzene rings is 2. The standard InChI is InChI=1S/2C24H40O5S.2Na/c2*1-2-3-4-5-6-7-8-9-10-11-12-13-14-15-16-23(24(25)26)21-17-19-22(20-18-21)30(27,28)29;;/h2*17-20,23H,2-16H2,1H3,(H,25,26)(H,27,28,29);;/q;;2*+1/p-2. The molecule has 0 aliphatic heterocycles. The average Bonchev–Trinajstić information content (AvgIpc) is 3.20. The summed E-state index contributed by atoms with van der Waals surface area (Å²) in [6, 6.07) is 10.7. The van der Waals surface area contributed by atoms with Crippen LogP contribution in [0.4, 0.5) is 0 Å². The molecule has 0 aromatic heterocycles. The maximum atomic E-state index is 11.5. The van der Waals surface area contributed by atoms with Crippen molar-refractivity contribution in [3.8, 4) is 0 Å². The first-order valence-corrected chi connectivity index (χ1v) is 26.2. The Balaban J connectivity index is 0. The van der Waals surface area contributed by atoms with Crippen LogP contribution in [0.3, 0.4) is 0 Å². The fourth-order valence-corrected chi connectivity index (χ4v) is 8.63. The molecular weight excluding hydrogens is 847 g/mol. The maximum absolute atomic E-state index is 11.5. The molecule has 2 aromatic carbocycles. The minimum Gasteiger partial charge on any atom is -0.549 e. The summed E-state index contributed by atoms with van der Waals surface area (Å²) in [4.78, 5) is 22.5. The quantitative estimate of drug-likeness (QED) is 0.0517. The molecule has 0 saturated carbocycles. The van der Waals surface area contributed by atoms with Crippen LogP contribution in [0.5, 0.6) is 0 Å². The Morgan fingerprint density at radius 2 is 0.597 bits per heavy atom. The molecule has 0 saturated heterocycles. The van der Waals surface area contributed by atoms with Crippen molar-refractivity contribution < 1.29 is 105 Å². The molecule has 2 rings (SSSR count). The maximum Gasteiger partial charge on any atom is 1.00 e. The summed E-state index contributed by atoms with van der Waals surface area (Å²) >= 11 is 0. The van der Waals surface area contributed by atoms with E-state index >= 15 is 0 Å². The van der Waals surface area contributed by atoms with Crippen molar-refractivity contribution in [2.75, 3.05) is 0 Å². The van der Waals surface area contributed by atoms with Crippen LogP contribution in [0.2, 0.25) is 0 Å². The van der Waals surface area contributed by atoms with Gasteiger partial charge in [0, 0.05) is 23.8 Å². The minimum absolute atomic E-state index is 0. The molecule has 2 aromatic rings. The number of hydrogen-bond donors (Lipinski definition) is 2. The number of carbonyl (C=O) groups excluding carboxylic acids is 2. The summed E-state index contributed by atoms with van der Waals surface area (Å²) in [5.74, 6) is -3.80. The molecule has 14 heteroatoms. The van der Waals surface area contributed by atoms with E-state index in [1.54, 1.807) is 0 Å². The van der Waals surface area contributed by atoms with Crippen molar-refractivity contribution in [2.45, 2.75) is 228 Å². The van der Waals surface area contributed by atoms with Gasteiger partial charge in [-0.05, 0) is 48.2 Å². The van der Waals surface area contributed by atoms with Gasteiger partial charge in [-0.25, -0.2) is 0 Å². The van der Waals surface area contributed by atoms with Gasteiger partial charge in [0.15, 0.2) is 0 Å². The smallest absolute Gasteiger partial charge is 0.549 e. The summed E-state index contributed by atoms with van der Waals surface area (Å²) in [7, 11) is -8.54. The Bertz CT molecular complexity index is 1500. The molecule has 2 unspecified atom stereocenters. The topological polar surface area (TPSA) is 189 Å².